The van der Waals surface area contributed by atoms with Gasteiger partial charge in [0, 0.05) is 20.2 Å². The Kier molecular flexibility index (Phi) is 3.54. The van der Waals surface area contributed by atoms with Gasteiger partial charge in [0.15, 0.2) is 5.65 Å². The molecule has 0 spiro atoms. The third kappa shape index (κ3) is 2.46. The van der Waals surface area contributed by atoms with Crippen molar-refractivity contribution in [3.05, 3.63) is 12.0 Å². The lowest BCUT2D eigenvalue weighted by molar-refractivity contribution is 0.248. The van der Waals surface area contributed by atoms with Gasteiger partial charge in [-0.3, -0.25) is 9.58 Å². The summed E-state index contributed by atoms with van der Waals surface area (Å²) in [7, 11) is 1.85. The quantitative estimate of drug-likeness (QED) is 0.825. The van der Waals surface area contributed by atoms with Crippen LogP contribution in [-0.4, -0.2) is 49.5 Å². The number of hydrogen-bond acceptors (Lipinski definition) is 6. The summed E-state index contributed by atoms with van der Waals surface area (Å²) in [6.45, 7) is 2.99. The van der Waals surface area contributed by atoms with Crippen molar-refractivity contribution in [3.8, 4) is 0 Å². The minimum absolute atomic E-state index is 0.267. The fourth-order valence-electron chi connectivity index (χ4n) is 2.84. The highest BCUT2D eigenvalue weighted by Gasteiger charge is 2.23. The second-order valence-electron chi connectivity index (χ2n) is 5.43. The Hall–Kier alpha value is -1.73. The van der Waals surface area contributed by atoms with E-state index in [-0.39, 0.29) is 6.61 Å². The number of aliphatic hydroxyl groups excluding tert-OH is 1. The number of rotatable bonds is 4. The molecule has 1 aliphatic heterocycles. The Morgan fingerprint density at radius 3 is 3.10 bits per heavy atom. The first-order chi connectivity index (χ1) is 9.67. The normalized spacial score (nSPS) is 20.0. The van der Waals surface area contributed by atoms with Crippen molar-refractivity contribution >= 4 is 16.9 Å². The molecule has 3 rings (SSSR count). The van der Waals surface area contributed by atoms with Gasteiger partial charge in [0.25, 0.3) is 0 Å². The summed E-state index contributed by atoms with van der Waals surface area (Å²) in [4.78, 5) is 11.2. The van der Waals surface area contributed by atoms with Crippen molar-refractivity contribution in [2.45, 2.75) is 19.4 Å². The SMILES string of the molecule is Cn1ncc2c(N)nc(CN3CCC(CCO)C3)nc21. The van der Waals surface area contributed by atoms with Crippen LogP contribution in [0.25, 0.3) is 11.0 Å². The van der Waals surface area contributed by atoms with Crippen molar-refractivity contribution in [1.29, 1.82) is 0 Å². The molecule has 1 atom stereocenters. The molecule has 0 saturated carbocycles. The molecule has 3 heterocycles. The Morgan fingerprint density at radius 1 is 1.45 bits per heavy atom. The maximum atomic E-state index is 8.99. The van der Waals surface area contributed by atoms with E-state index in [1.165, 1.54) is 0 Å². The first-order valence-corrected chi connectivity index (χ1v) is 6.94. The molecule has 1 aliphatic rings. The number of likely N-dealkylation sites (tertiary alicyclic amines) is 1. The molecule has 0 aliphatic carbocycles. The minimum Gasteiger partial charge on any atom is -0.396 e. The highest BCUT2D eigenvalue weighted by molar-refractivity contribution is 5.84. The fourth-order valence-corrected chi connectivity index (χ4v) is 2.84. The minimum atomic E-state index is 0.267. The third-order valence-electron chi connectivity index (χ3n) is 3.94. The molecule has 3 N–H and O–H groups in total. The van der Waals surface area contributed by atoms with Gasteiger partial charge in [0.2, 0.25) is 0 Å². The summed E-state index contributed by atoms with van der Waals surface area (Å²) in [6, 6.07) is 0. The largest absolute Gasteiger partial charge is 0.396 e. The van der Waals surface area contributed by atoms with Gasteiger partial charge in [-0.15, -0.1) is 0 Å². The highest BCUT2D eigenvalue weighted by atomic mass is 16.3. The average molecular weight is 276 g/mol. The number of aryl methyl sites for hydroxylation is 1. The second kappa shape index (κ2) is 5.34. The average Bonchev–Trinajstić information content (AvgIpc) is 2.99. The van der Waals surface area contributed by atoms with Gasteiger partial charge in [-0.2, -0.15) is 5.10 Å². The monoisotopic (exact) mass is 276 g/mol. The number of nitrogens with two attached hydrogens (primary N) is 1. The zero-order chi connectivity index (χ0) is 14.1. The van der Waals surface area contributed by atoms with Gasteiger partial charge in [0.05, 0.1) is 18.1 Å². The predicted molar refractivity (Wildman–Crippen MR) is 75.8 cm³/mol. The number of nitrogens with zero attached hydrogens (tertiary/aromatic N) is 5. The van der Waals surface area contributed by atoms with Gasteiger partial charge in [-0.05, 0) is 25.3 Å². The Morgan fingerprint density at radius 2 is 2.30 bits per heavy atom. The molecular weight excluding hydrogens is 256 g/mol. The molecule has 7 heteroatoms. The van der Waals surface area contributed by atoms with E-state index in [0.29, 0.717) is 18.3 Å². The first kappa shape index (κ1) is 13.3. The maximum Gasteiger partial charge on any atom is 0.163 e. The van der Waals surface area contributed by atoms with Crippen molar-refractivity contribution in [2.24, 2.45) is 13.0 Å². The molecular formula is C13H20N6O. The summed E-state index contributed by atoms with van der Waals surface area (Å²) in [5, 5.41) is 14.0. The van der Waals surface area contributed by atoms with E-state index >= 15 is 0 Å². The van der Waals surface area contributed by atoms with Crippen LogP contribution in [0.2, 0.25) is 0 Å². The smallest absolute Gasteiger partial charge is 0.163 e. The summed E-state index contributed by atoms with van der Waals surface area (Å²) < 4.78 is 1.72. The van der Waals surface area contributed by atoms with E-state index < -0.39 is 0 Å². The standard InChI is InChI=1S/C13H20N6O/c1-18-13-10(6-15-18)12(14)16-11(17-13)8-19-4-2-9(7-19)3-5-20/h6,9,20H,2-5,7-8H2,1H3,(H2,14,16,17). The number of anilines is 1. The van der Waals surface area contributed by atoms with E-state index in [2.05, 4.69) is 20.0 Å². The van der Waals surface area contributed by atoms with Gasteiger partial charge in [0.1, 0.15) is 11.6 Å². The lowest BCUT2D eigenvalue weighted by Crippen LogP contribution is -2.22. The summed E-state index contributed by atoms with van der Waals surface area (Å²) in [5.41, 5.74) is 6.74. The van der Waals surface area contributed by atoms with Crippen molar-refractivity contribution in [2.75, 3.05) is 25.4 Å². The van der Waals surface area contributed by atoms with E-state index in [1.54, 1.807) is 10.9 Å². The van der Waals surface area contributed by atoms with Crippen LogP contribution >= 0.6 is 0 Å². The summed E-state index contributed by atoms with van der Waals surface area (Å²) in [5.74, 6) is 1.81. The Bertz CT molecular complexity index is 610. The number of hydrogen-bond donors (Lipinski definition) is 2. The number of fused-ring (bicyclic) bond motifs is 1. The van der Waals surface area contributed by atoms with Crippen molar-refractivity contribution in [1.82, 2.24) is 24.6 Å². The zero-order valence-corrected chi connectivity index (χ0v) is 11.7. The molecule has 20 heavy (non-hydrogen) atoms. The van der Waals surface area contributed by atoms with Crippen molar-refractivity contribution in [3.63, 3.8) is 0 Å². The number of nitrogen functional groups attached to an aromatic ring is 1. The molecule has 1 saturated heterocycles. The summed E-state index contributed by atoms with van der Waals surface area (Å²) in [6.07, 6.45) is 3.70. The van der Waals surface area contributed by atoms with Gasteiger partial charge < -0.3 is 10.8 Å². The van der Waals surface area contributed by atoms with Crippen LogP contribution in [0, 0.1) is 5.92 Å². The van der Waals surface area contributed by atoms with Gasteiger partial charge >= 0.3 is 0 Å². The van der Waals surface area contributed by atoms with Gasteiger partial charge in [-0.25, -0.2) is 9.97 Å². The highest BCUT2D eigenvalue weighted by Crippen LogP contribution is 2.22. The van der Waals surface area contributed by atoms with Crippen LogP contribution in [0.15, 0.2) is 6.20 Å². The Balaban J connectivity index is 1.76. The fraction of sp³-hybridized carbons (Fsp3) is 0.615. The molecule has 0 aromatic carbocycles. The Labute approximate surface area is 117 Å². The summed E-state index contributed by atoms with van der Waals surface area (Å²) >= 11 is 0. The molecule has 2 aromatic heterocycles. The van der Waals surface area contributed by atoms with E-state index in [4.69, 9.17) is 10.8 Å². The first-order valence-electron chi connectivity index (χ1n) is 6.94. The second-order valence-corrected chi connectivity index (χ2v) is 5.43. The molecule has 2 aromatic rings. The topological polar surface area (TPSA) is 93.1 Å². The van der Waals surface area contributed by atoms with Crippen LogP contribution < -0.4 is 5.73 Å². The number of aromatic nitrogens is 4. The van der Waals surface area contributed by atoms with Crippen LogP contribution in [0.4, 0.5) is 5.82 Å². The molecule has 108 valence electrons. The molecule has 7 nitrogen and oxygen atoms in total. The molecule has 0 bridgehead atoms. The molecule has 1 fully saturated rings. The molecule has 0 amide bonds. The predicted octanol–water partition coefficient (Wildman–Crippen LogP) is 0.150. The van der Waals surface area contributed by atoms with Crippen LogP contribution in [0.5, 0.6) is 0 Å². The van der Waals surface area contributed by atoms with E-state index in [0.717, 1.165) is 42.8 Å². The zero-order valence-electron chi connectivity index (χ0n) is 11.7. The van der Waals surface area contributed by atoms with E-state index in [1.807, 2.05) is 7.05 Å². The van der Waals surface area contributed by atoms with Crippen molar-refractivity contribution < 1.29 is 5.11 Å². The van der Waals surface area contributed by atoms with E-state index in [9.17, 15) is 0 Å². The van der Waals surface area contributed by atoms with Crippen LogP contribution in [0.1, 0.15) is 18.7 Å². The lowest BCUT2D eigenvalue weighted by Gasteiger charge is -2.15. The number of aliphatic hydroxyl groups is 1. The third-order valence-corrected chi connectivity index (χ3v) is 3.94. The lowest BCUT2D eigenvalue weighted by atomic mass is 10.1. The maximum absolute atomic E-state index is 8.99. The van der Waals surface area contributed by atoms with Gasteiger partial charge in [-0.1, -0.05) is 0 Å². The van der Waals surface area contributed by atoms with Crippen LogP contribution in [-0.2, 0) is 13.6 Å². The molecule has 1 unspecified atom stereocenters. The molecule has 0 radical (unpaired) electrons. The van der Waals surface area contributed by atoms with Crippen LogP contribution in [0.3, 0.4) is 0 Å².